The molecule has 1 fully saturated rings. The lowest BCUT2D eigenvalue weighted by molar-refractivity contribution is -0.130. The predicted octanol–water partition coefficient (Wildman–Crippen LogP) is 4.32. The Bertz CT molecular complexity index is 291. The van der Waals surface area contributed by atoms with Crippen LogP contribution < -0.4 is 5.32 Å². The second-order valence-corrected chi connectivity index (χ2v) is 6.82. The van der Waals surface area contributed by atoms with Gasteiger partial charge in [-0.05, 0) is 18.8 Å². The van der Waals surface area contributed by atoms with Gasteiger partial charge in [-0.25, -0.2) is 0 Å². The van der Waals surface area contributed by atoms with Crippen molar-refractivity contribution in [2.75, 3.05) is 6.54 Å². The maximum atomic E-state index is 12.4. The first-order valence-electron chi connectivity index (χ1n) is 9.18. The standard InChI is InChI=1S/C18H36N2O/c1-5-7-8-9-10-11-12-13-14-20-17(15(3)4)19-16(6-2)18(20)21/h15-17,19H,5-14H2,1-4H3. The van der Waals surface area contributed by atoms with Crippen LogP contribution in [-0.2, 0) is 4.79 Å². The van der Waals surface area contributed by atoms with E-state index in [-0.39, 0.29) is 12.2 Å². The molecule has 2 unspecified atom stereocenters. The average molecular weight is 296 g/mol. The van der Waals surface area contributed by atoms with E-state index >= 15 is 0 Å². The molecule has 1 aliphatic heterocycles. The van der Waals surface area contributed by atoms with Gasteiger partial charge in [0.25, 0.3) is 0 Å². The topological polar surface area (TPSA) is 32.3 Å². The maximum absolute atomic E-state index is 12.4. The fourth-order valence-electron chi connectivity index (χ4n) is 3.21. The van der Waals surface area contributed by atoms with Gasteiger partial charge in [-0.15, -0.1) is 0 Å². The molecule has 1 N–H and O–H groups in total. The molecule has 0 spiro atoms. The van der Waals surface area contributed by atoms with Crippen molar-refractivity contribution >= 4 is 5.91 Å². The van der Waals surface area contributed by atoms with Crippen LogP contribution in [0.2, 0.25) is 0 Å². The van der Waals surface area contributed by atoms with E-state index in [9.17, 15) is 4.79 Å². The molecule has 1 rings (SSSR count). The second kappa shape index (κ2) is 10.2. The van der Waals surface area contributed by atoms with Crippen LogP contribution in [0, 0.1) is 5.92 Å². The van der Waals surface area contributed by atoms with E-state index in [0.29, 0.717) is 11.8 Å². The van der Waals surface area contributed by atoms with Gasteiger partial charge in [0.1, 0.15) is 0 Å². The Morgan fingerprint density at radius 3 is 2.10 bits per heavy atom. The van der Waals surface area contributed by atoms with Crippen LogP contribution in [-0.4, -0.2) is 29.6 Å². The number of nitrogens with one attached hydrogen (secondary N) is 1. The molecular formula is C18H36N2O. The maximum Gasteiger partial charge on any atom is 0.241 e. The van der Waals surface area contributed by atoms with Crippen molar-refractivity contribution in [2.45, 2.75) is 97.7 Å². The molecule has 3 nitrogen and oxygen atoms in total. The van der Waals surface area contributed by atoms with Gasteiger partial charge in [0, 0.05) is 6.54 Å². The van der Waals surface area contributed by atoms with E-state index in [1.165, 1.54) is 44.9 Å². The van der Waals surface area contributed by atoms with Crippen molar-refractivity contribution < 1.29 is 4.79 Å². The molecule has 1 heterocycles. The number of hydrogen-bond acceptors (Lipinski definition) is 2. The van der Waals surface area contributed by atoms with Gasteiger partial charge >= 0.3 is 0 Å². The summed E-state index contributed by atoms with van der Waals surface area (Å²) in [4.78, 5) is 14.4. The van der Waals surface area contributed by atoms with Gasteiger partial charge in [-0.1, -0.05) is 72.6 Å². The third kappa shape index (κ3) is 5.98. The van der Waals surface area contributed by atoms with Crippen molar-refractivity contribution in [3.8, 4) is 0 Å². The summed E-state index contributed by atoms with van der Waals surface area (Å²) in [5.41, 5.74) is 0. The lowest BCUT2D eigenvalue weighted by Crippen LogP contribution is -2.41. The van der Waals surface area contributed by atoms with Crippen molar-refractivity contribution in [3.05, 3.63) is 0 Å². The van der Waals surface area contributed by atoms with Crippen LogP contribution in [0.15, 0.2) is 0 Å². The van der Waals surface area contributed by atoms with Crippen molar-refractivity contribution in [3.63, 3.8) is 0 Å². The van der Waals surface area contributed by atoms with Crippen LogP contribution in [0.1, 0.15) is 85.5 Å². The van der Waals surface area contributed by atoms with E-state index in [0.717, 1.165) is 19.4 Å². The molecule has 1 aliphatic rings. The lowest BCUT2D eigenvalue weighted by atomic mass is 10.1. The highest BCUT2D eigenvalue weighted by molar-refractivity contribution is 5.84. The minimum absolute atomic E-state index is 0.0476. The van der Waals surface area contributed by atoms with Gasteiger partial charge < -0.3 is 4.90 Å². The number of nitrogens with zero attached hydrogens (tertiary/aromatic N) is 1. The predicted molar refractivity (Wildman–Crippen MR) is 90.2 cm³/mol. The zero-order valence-electron chi connectivity index (χ0n) is 14.7. The van der Waals surface area contributed by atoms with Crippen LogP contribution in [0.3, 0.4) is 0 Å². The average Bonchev–Trinajstić information content (AvgIpc) is 2.78. The molecule has 0 radical (unpaired) electrons. The van der Waals surface area contributed by atoms with E-state index in [2.05, 4.69) is 37.9 Å². The molecule has 1 amide bonds. The number of carbonyl (C=O) groups excluding carboxylic acids is 1. The summed E-state index contributed by atoms with van der Waals surface area (Å²) in [6.07, 6.45) is 11.7. The molecule has 0 aliphatic carbocycles. The van der Waals surface area contributed by atoms with Gasteiger partial charge in [0.05, 0.1) is 12.2 Å². The summed E-state index contributed by atoms with van der Waals surface area (Å²) in [5.74, 6) is 0.804. The van der Waals surface area contributed by atoms with Gasteiger partial charge in [-0.3, -0.25) is 10.1 Å². The van der Waals surface area contributed by atoms with Crippen molar-refractivity contribution in [1.29, 1.82) is 0 Å². The number of rotatable bonds is 11. The van der Waals surface area contributed by atoms with Crippen LogP contribution in [0.5, 0.6) is 0 Å². The Kier molecular flexibility index (Phi) is 8.98. The number of amides is 1. The number of hydrogen-bond donors (Lipinski definition) is 1. The summed E-state index contributed by atoms with van der Waals surface area (Å²) >= 11 is 0. The normalized spacial score (nSPS) is 22.5. The summed E-state index contributed by atoms with van der Waals surface area (Å²) < 4.78 is 0. The van der Waals surface area contributed by atoms with E-state index in [1.807, 2.05) is 0 Å². The SMILES string of the molecule is CCCCCCCCCCN1C(=O)C(CC)NC1C(C)C. The molecule has 21 heavy (non-hydrogen) atoms. The van der Waals surface area contributed by atoms with Crippen molar-refractivity contribution in [1.82, 2.24) is 10.2 Å². The third-order valence-corrected chi connectivity index (χ3v) is 4.58. The highest BCUT2D eigenvalue weighted by atomic mass is 16.2. The first-order chi connectivity index (χ1) is 10.1. The fourth-order valence-corrected chi connectivity index (χ4v) is 3.21. The number of unbranched alkanes of at least 4 members (excludes halogenated alkanes) is 7. The highest BCUT2D eigenvalue weighted by Gasteiger charge is 2.38. The molecule has 2 atom stereocenters. The van der Waals surface area contributed by atoms with E-state index < -0.39 is 0 Å². The quantitative estimate of drug-likeness (QED) is 0.576. The fraction of sp³-hybridized carbons (Fsp3) is 0.944. The zero-order chi connectivity index (χ0) is 15.7. The molecular weight excluding hydrogens is 260 g/mol. The van der Waals surface area contributed by atoms with Crippen LogP contribution in [0.4, 0.5) is 0 Å². The third-order valence-electron chi connectivity index (χ3n) is 4.58. The highest BCUT2D eigenvalue weighted by Crippen LogP contribution is 2.20. The molecule has 124 valence electrons. The molecule has 0 saturated carbocycles. The summed E-state index contributed by atoms with van der Waals surface area (Å²) in [5, 5.41) is 3.49. The van der Waals surface area contributed by atoms with Crippen LogP contribution >= 0.6 is 0 Å². The molecule has 0 aromatic carbocycles. The molecule has 3 heteroatoms. The Morgan fingerprint density at radius 1 is 1.00 bits per heavy atom. The molecule has 0 aromatic heterocycles. The van der Waals surface area contributed by atoms with E-state index in [1.54, 1.807) is 0 Å². The van der Waals surface area contributed by atoms with Crippen LogP contribution in [0.25, 0.3) is 0 Å². The van der Waals surface area contributed by atoms with Gasteiger partial charge in [0.2, 0.25) is 5.91 Å². The lowest BCUT2D eigenvalue weighted by Gasteiger charge is -2.27. The van der Waals surface area contributed by atoms with Gasteiger partial charge in [0.15, 0.2) is 0 Å². The minimum Gasteiger partial charge on any atom is -0.326 e. The molecule has 0 bridgehead atoms. The minimum atomic E-state index is 0.0476. The first kappa shape index (κ1) is 18.5. The Balaban J connectivity index is 2.21. The monoisotopic (exact) mass is 296 g/mol. The van der Waals surface area contributed by atoms with Gasteiger partial charge in [-0.2, -0.15) is 0 Å². The summed E-state index contributed by atoms with van der Waals surface area (Å²) in [6, 6.07) is 0.0476. The molecule has 1 saturated heterocycles. The largest absolute Gasteiger partial charge is 0.326 e. The summed E-state index contributed by atoms with van der Waals surface area (Å²) in [6.45, 7) is 9.68. The second-order valence-electron chi connectivity index (χ2n) is 6.82. The Labute approximate surface area is 131 Å². The molecule has 0 aromatic rings. The Morgan fingerprint density at radius 2 is 1.57 bits per heavy atom. The summed E-state index contributed by atoms with van der Waals surface area (Å²) in [7, 11) is 0. The van der Waals surface area contributed by atoms with Crippen molar-refractivity contribution in [2.24, 2.45) is 5.92 Å². The first-order valence-corrected chi connectivity index (χ1v) is 9.18. The van der Waals surface area contributed by atoms with E-state index in [4.69, 9.17) is 0 Å². The smallest absolute Gasteiger partial charge is 0.241 e. The Hall–Kier alpha value is -0.570. The number of carbonyl (C=O) groups is 1. The zero-order valence-corrected chi connectivity index (χ0v) is 14.7.